The van der Waals surface area contributed by atoms with Gasteiger partial charge in [0.05, 0.1) is 6.54 Å². The zero-order chi connectivity index (χ0) is 11.3. The topological polar surface area (TPSA) is 58.4 Å². The minimum Gasteiger partial charge on any atom is -0.399 e. The average Bonchev–Trinajstić information content (AvgIpc) is 2.18. The summed E-state index contributed by atoms with van der Waals surface area (Å²) in [5.41, 5.74) is 7.31. The Hall–Kier alpha value is -1.71. The van der Waals surface area contributed by atoms with Crippen molar-refractivity contribution in [2.75, 3.05) is 30.8 Å². The lowest BCUT2D eigenvalue weighted by Gasteiger charge is -2.18. The van der Waals surface area contributed by atoms with Crippen LogP contribution < -0.4 is 16.0 Å². The molecular weight excluding hydrogens is 190 g/mol. The number of hydrogen-bond acceptors (Lipinski definition) is 3. The number of hydrogen-bond donors (Lipinski definition) is 2. The zero-order valence-corrected chi connectivity index (χ0v) is 9.16. The summed E-state index contributed by atoms with van der Waals surface area (Å²) in [7, 11) is 1.87. The van der Waals surface area contributed by atoms with Crippen molar-refractivity contribution in [3.63, 3.8) is 0 Å². The molecule has 0 aliphatic carbocycles. The summed E-state index contributed by atoms with van der Waals surface area (Å²) in [5.74, 6) is 0.0161. The number of nitrogens with one attached hydrogen (secondary N) is 1. The second-order valence-electron chi connectivity index (χ2n) is 3.40. The molecule has 82 valence electrons. The molecule has 0 aromatic heterocycles. The highest BCUT2D eigenvalue weighted by Crippen LogP contribution is 2.15. The van der Waals surface area contributed by atoms with Crippen LogP contribution in [0, 0.1) is 0 Å². The minimum absolute atomic E-state index is 0.0161. The van der Waals surface area contributed by atoms with Crippen molar-refractivity contribution < 1.29 is 4.79 Å². The first-order valence-electron chi connectivity index (χ1n) is 4.97. The van der Waals surface area contributed by atoms with Crippen LogP contribution in [0.5, 0.6) is 0 Å². The summed E-state index contributed by atoms with van der Waals surface area (Å²) in [6.45, 7) is 2.90. The number of rotatable bonds is 4. The summed E-state index contributed by atoms with van der Waals surface area (Å²) in [6, 6.07) is 7.47. The number of nitrogens with two attached hydrogens (primary N) is 1. The first kappa shape index (κ1) is 11.4. The number of nitrogen functional groups attached to an aromatic ring is 1. The number of anilines is 2. The predicted molar refractivity (Wildman–Crippen MR) is 62.8 cm³/mol. The van der Waals surface area contributed by atoms with Gasteiger partial charge in [-0.15, -0.1) is 0 Å². The third kappa shape index (κ3) is 3.50. The Morgan fingerprint density at radius 3 is 2.87 bits per heavy atom. The Morgan fingerprint density at radius 2 is 2.27 bits per heavy atom. The van der Waals surface area contributed by atoms with Crippen LogP contribution in [0.4, 0.5) is 11.4 Å². The van der Waals surface area contributed by atoms with E-state index in [0.29, 0.717) is 18.8 Å². The van der Waals surface area contributed by atoms with Gasteiger partial charge in [-0.05, 0) is 25.1 Å². The van der Waals surface area contributed by atoms with E-state index in [9.17, 15) is 4.79 Å². The summed E-state index contributed by atoms with van der Waals surface area (Å²) in [6.07, 6.45) is 0. The molecule has 0 saturated carbocycles. The van der Waals surface area contributed by atoms with Crippen LogP contribution in [0.15, 0.2) is 24.3 Å². The lowest BCUT2D eigenvalue weighted by Crippen LogP contribution is -2.34. The van der Waals surface area contributed by atoms with Crippen LogP contribution in [0.1, 0.15) is 6.92 Å². The molecule has 0 spiro atoms. The second-order valence-corrected chi connectivity index (χ2v) is 3.40. The fraction of sp³-hybridized carbons (Fsp3) is 0.364. The standard InChI is InChI=1S/C11H17N3O/c1-3-13-11(15)8-14(2)10-6-4-5-9(12)7-10/h4-7H,3,8,12H2,1-2H3,(H,13,15). The van der Waals surface area contributed by atoms with Gasteiger partial charge in [0.2, 0.25) is 5.91 Å². The minimum atomic E-state index is 0.0161. The van der Waals surface area contributed by atoms with E-state index in [1.165, 1.54) is 0 Å². The van der Waals surface area contributed by atoms with E-state index in [1.807, 2.05) is 43.1 Å². The summed E-state index contributed by atoms with van der Waals surface area (Å²) < 4.78 is 0. The van der Waals surface area contributed by atoms with Crippen LogP contribution in [-0.2, 0) is 4.79 Å². The fourth-order valence-corrected chi connectivity index (χ4v) is 1.32. The van der Waals surface area contributed by atoms with E-state index < -0.39 is 0 Å². The monoisotopic (exact) mass is 207 g/mol. The third-order valence-electron chi connectivity index (χ3n) is 2.07. The molecule has 4 heteroatoms. The van der Waals surface area contributed by atoms with Crippen molar-refractivity contribution in [2.45, 2.75) is 6.92 Å². The molecule has 3 N–H and O–H groups in total. The Kier molecular flexibility index (Phi) is 3.97. The maximum atomic E-state index is 11.3. The quantitative estimate of drug-likeness (QED) is 0.719. The molecule has 0 fully saturated rings. The molecule has 4 nitrogen and oxygen atoms in total. The first-order valence-corrected chi connectivity index (χ1v) is 4.97. The van der Waals surface area contributed by atoms with Crippen molar-refractivity contribution in [1.29, 1.82) is 0 Å². The van der Waals surface area contributed by atoms with Crippen LogP contribution in [0.25, 0.3) is 0 Å². The van der Waals surface area contributed by atoms with Crippen molar-refractivity contribution in [1.82, 2.24) is 5.32 Å². The number of carbonyl (C=O) groups excluding carboxylic acids is 1. The molecule has 0 aliphatic heterocycles. The van der Waals surface area contributed by atoms with Crippen molar-refractivity contribution in [3.05, 3.63) is 24.3 Å². The van der Waals surface area contributed by atoms with Crippen LogP contribution in [0.2, 0.25) is 0 Å². The molecule has 1 aromatic carbocycles. The first-order chi connectivity index (χ1) is 7.13. The number of benzene rings is 1. The largest absolute Gasteiger partial charge is 0.399 e. The highest BCUT2D eigenvalue weighted by Gasteiger charge is 2.05. The average molecular weight is 207 g/mol. The van der Waals surface area contributed by atoms with Gasteiger partial charge in [-0.1, -0.05) is 6.07 Å². The van der Waals surface area contributed by atoms with E-state index in [4.69, 9.17) is 5.73 Å². The molecule has 15 heavy (non-hydrogen) atoms. The number of amides is 1. The predicted octanol–water partition coefficient (Wildman–Crippen LogP) is 0.841. The summed E-state index contributed by atoms with van der Waals surface area (Å²) in [5, 5.41) is 2.75. The lowest BCUT2D eigenvalue weighted by atomic mass is 10.2. The summed E-state index contributed by atoms with van der Waals surface area (Å²) >= 11 is 0. The maximum Gasteiger partial charge on any atom is 0.239 e. The number of likely N-dealkylation sites (N-methyl/N-ethyl adjacent to an activating group) is 2. The van der Waals surface area contributed by atoms with Gasteiger partial charge < -0.3 is 16.0 Å². The Morgan fingerprint density at radius 1 is 1.53 bits per heavy atom. The van der Waals surface area contributed by atoms with E-state index >= 15 is 0 Å². The molecule has 1 aromatic rings. The van der Waals surface area contributed by atoms with Crippen molar-refractivity contribution >= 4 is 17.3 Å². The molecule has 0 aliphatic rings. The maximum absolute atomic E-state index is 11.3. The SMILES string of the molecule is CCNC(=O)CN(C)c1cccc(N)c1. The van der Waals surface area contributed by atoms with Gasteiger partial charge in [0, 0.05) is 25.0 Å². The van der Waals surface area contributed by atoms with E-state index in [-0.39, 0.29) is 5.91 Å². The van der Waals surface area contributed by atoms with Crippen LogP contribution in [0.3, 0.4) is 0 Å². The van der Waals surface area contributed by atoms with Gasteiger partial charge in [0.15, 0.2) is 0 Å². The molecule has 1 amide bonds. The fourth-order valence-electron chi connectivity index (χ4n) is 1.32. The smallest absolute Gasteiger partial charge is 0.239 e. The van der Waals surface area contributed by atoms with Gasteiger partial charge in [-0.2, -0.15) is 0 Å². The van der Waals surface area contributed by atoms with E-state index in [1.54, 1.807) is 0 Å². The van der Waals surface area contributed by atoms with Crippen LogP contribution in [-0.4, -0.2) is 26.0 Å². The molecule has 1 rings (SSSR count). The van der Waals surface area contributed by atoms with Gasteiger partial charge in [-0.25, -0.2) is 0 Å². The number of nitrogens with zero attached hydrogens (tertiary/aromatic N) is 1. The molecule has 0 atom stereocenters. The lowest BCUT2D eigenvalue weighted by molar-refractivity contribution is -0.119. The Labute approximate surface area is 90.1 Å². The molecule has 0 unspecified atom stereocenters. The molecule has 0 radical (unpaired) electrons. The molecule has 0 saturated heterocycles. The highest BCUT2D eigenvalue weighted by molar-refractivity contribution is 5.81. The second kappa shape index (κ2) is 5.24. The zero-order valence-electron chi connectivity index (χ0n) is 9.16. The van der Waals surface area contributed by atoms with Crippen molar-refractivity contribution in [3.8, 4) is 0 Å². The van der Waals surface area contributed by atoms with Gasteiger partial charge in [0.1, 0.15) is 0 Å². The van der Waals surface area contributed by atoms with Gasteiger partial charge in [-0.3, -0.25) is 4.79 Å². The Bertz CT molecular complexity index is 338. The van der Waals surface area contributed by atoms with Crippen LogP contribution >= 0.6 is 0 Å². The Balaban J connectivity index is 2.60. The van der Waals surface area contributed by atoms with Crippen molar-refractivity contribution in [2.24, 2.45) is 0 Å². The third-order valence-corrected chi connectivity index (χ3v) is 2.07. The summed E-state index contributed by atoms with van der Waals surface area (Å²) in [4.78, 5) is 13.2. The highest BCUT2D eigenvalue weighted by atomic mass is 16.1. The molecule has 0 bridgehead atoms. The van der Waals surface area contributed by atoms with Gasteiger partial charge in [0.25, 0.3) is 0 Å². The number of carbonyl (C=O) groups is 1. The van der Waals surface area contributed by atoms with E-state index in [0.717, 1.165) is 5.69 Å². The molecular formula is C11H17N3O. The molecule has 0 heterocycles. The van der Waals surface area contributed by atoms with E-state index in [2.05, 4.69) is 5.32 Å². The van der Waals surface area contributed by atoms with Gasteiger partial charge >= 0.3 is 0 Å². The normalized spacial score (nSPS) is 9.73.